The molecular weight excluding hydrogens is 486 g/mol. The number of hydrogen-bond donors (Lipinski definition) is 1. The molecule has 160 valence electrons. The molecule has 0 unspecified atom stereocenters. The van der Waals surface area contributed by atoms with E-state index in [0.717, 1.165) is 12.5 Å². The molecule has 0 atom stereocenters. The van der Waals surface area contributed by atoms with Gasteiger partial charge in [0.05, 0.1) is 0 Å². The normalized spacial score (nSPS) is 11.3. The Bertz CT molecular complexity index is 636. The average molecular weight is 523 g/mol. The lowest BCUT2D eigenvalue weighted by atomic mass is 9.89. The van der Waals surface area contributed by atoms with Crippen LogP contribution in [0.15, 0.2) is 57.5 Å². The maximum Gasteiger partial charge on any atom is 0.0177 e. The maximum absolute atomic E-state index is 3.65. The predicted molar refractivity (Wildman–Crippen MR) is 135 cm³/mol. The highest BCUT2D eigenvalue weighted by atomic mass is 79.9. The monoisotopic (exact) mass is 521 g/mol. The van der Waals surface area contributed by atoms with Crippen LogP contribution in [0.2, 0.25) is 0 Å². The van der Waals surface area contributed by atoms with Gasteiger partial charge in [-0.15, -0.1) is 0 Å². The van der Waals surface area contributed by atoms with Gasteiger partial charge in [0.25, 0.3) is 0 Å². The molecule has 3 heteroatoms. The molecule has 2 rings (SSSR count). The Kier molecular flexibility index (Phi) is 12.9. The van der Waals surface area contributed by atoms with Crippen LogP contribution in [-0.4, -0.2) is 13.1 Å². The lowest BCUT2D eigenvalue weighted by molar-refractivity contribution is 0.402. The van der Waals surface area contributed by atoms with Gasteiger partial charge in [-0.3, -0.25) is 0 Å². The van der Waals surface area contributed by atoms with Crippen molar-refractivity contribution in [3.05, 3.63) is 68.6 Å². The van der Waals surface area contributed by atoms with Crippen LogP contribution in [0.5, 0.6) is 0 Å². The summed E-state index contributed by atoms with van der Waals surface area (Å²) in [6.45, 7) is 4.62. The summed E-state index contributed by atoms with van der Waals surface area (Å²) >= 11 is 7.21. The third-order valence-electron chi connectivity index (χ3n) is 5.63. The van der Waals surface area contributed by atoms with Crippen LogP contribution in [0.3, 0.4) is 0 Å². The number of benzene rings is 2. The van der Waals surface area contributed by atoms with Crippen LogP contribution in [0.1, 0.15) is 69.4 Å². The first kappa shape index (κ1) is 24.6. The second-order valence-electron chi connectivity index (χ2n) is 8.16. The molecule has 1 N–H and O–H groups in total. The van der Waals surface area contributed by atoms with Crippen LogP contribution in [-0.2, 0) is 12.8 Å². The number of nitrogens with one attached hydrogen (secondary N) is 1. The first-order valence-corrected chi connectivity index (χ1v) is 13.0. The molecule has 2 aromatic rings. The molecule has 2 aromatic carbocycles. The Labute approximate surface area is 195 Å². The SMILES string of the molecule is CCCCCCNCCCC(CCc1cccc(Br)c1)CCc1cccc(Br)c1. The van der Waals surface area contributed by atoms with Crippen molar-refractivity contribution >= 4 is 31.9 Å². The van der Waals surface area contributed by atoms with Crippen molar-refractivity contribution < 1.29 is 0 Å². The molecule has 0 aliphatic carbocycles. The van der Waals surface area contributed by atoms with E-state index in [4.69, 9.17) is 0 Å². The van der Waals surface area contributed by atoms with Crippen LogP contribution in [0.4, 0.5) is 0 Å². The molecule has 0 radical (unpaired) electrons. The highest BCUT2D eigenvalue weighted by molar-refractivity contribution is 9.10. The van der Waals surface area contributed by atoms with Gasteiger partial charge in [-0.1, -0.05) is 82.3 Å². The van der Waals surface area contributed by atoms with Crippen molar-refractivity contribution in [2.24, 2.45) is 5.92 Å². The van der Waals surface area contributed by atoms with Crippen molar-refractivity contribution in [3.63, 3.8) is 0 Å². The van der Waals surface area contributed by atoms with Gasteiger partial charge in [0.2, 0.25) is 0 Å². The smallest absolute Gasteiger partial charge is 0.0177 e. The van der Waals surface area contributed by atoms with E-state index in [-0.39, 0.29) is 0 Å². The zero-order chi connectivity index (χ0) is 20.7. The lowest BCUT2D eigenvalue weighted by Crippen LogP contribution is -2.18. The third-order valence-corrected chi connectivity index (χ3v) is 6.62. The van der Waals surface area contributed by atoms with E-state index in [1.54, 1.807) is 0 Å². The van der Waals surface area contributed by atoms with Gasteiger partial charge in [-0.05, 0) is 99.3 Å². The third kappa shape index (κ3) is 11.4. The van der Waals surface area contributed by atoms with Crippen molar-refractivity contribution in [2.75, 3.05) is 13.1 Å². The van der Waals surface area contributed by atoms with E-state index >= 15 is 0 Å². The van der Waals surface area contributed by atoms with Crippen molar-refractivity contribution in [1.29, 1.82) is 0 Å². The zero-order valence-electron chi connectivity index (χ0n) is 17.9. The van der Waals surface area contributed by atoms with Gasteiger partial charge in [0.1, 0.15) is 0 Å². The molecule has 0 aromatic heterocycles. The second-order valence-corrected chi connectivity index (χ2v) is 9.99. The fraction of sp³-hybridized carbons (Fsp3) is 0.538. The molecular formula is C26H37Br2N. The van der Waals surface area contributed by atoms with E-state index in [1.807, 2.05) is 0 Å². The summed E-state index contributed by atoms with van der Waals surface area (Å²) in [6, 6.07) is 17.6. The summed E-state index contributed by atoms with van der Waals surface area (Å²) in [4.78, 5) is 0. The van der Waals surface area contributed by atoms with Crippen LogP contribution < -0.4 is 5.32 Å². The maximum atomic E-state index is 3.65. The number of unbranched alkanes of at least 4 members (excludes halogenated alkanes) is 3. The Morgan fingerprint density at radius 2 is 1.31 bits per heavy atom. The fourth-order valence-electron chi connectivity index (χ4n) is 3.88. The minimum absolute atomic E-state index is 0.787. The van der Waals surface area contributed by atoms with E-state index in [2.05, 4.69) is 92.6 Å². The van der Waals surface area contributed by atoms with Gasteiger partial charge >= 0.3 is 0 Å². The van der Waals surface area contributed by atoms with Crippen LogP contribution >= 0.6 is 31.9 Å². The lowest BCUT2D eigenvalue weighted by Gasteiger charge is -2.18. The molecule has 1 nitrogen and oxygen atoms in total. The number of rotatable bonds is 15. The van der Waals surface area contributed by atoms with Crippen LogP contribution in [0.25, 0.3) is 0 Å². The van der Waals surface area contributed by atoms with Gasteiger partial charge in [0, 0.05) is 8.95 Å². The Hall–Kier alpha value is -0.640. The largest absolute Gasteiger partial charge is 0.317 e. The molecule has 0 spiro atoms. The summed E-state index contributed by atoms with van der Waals surface area (Å²) in [5.74, 6) is 0.787. The van der Waals surface area contributed by atoms with Crippen LogP contribution in [0, 0.1) is 5.92 Å². The summed E-state index contributed by atoms with van der Waals surface area (Å²) < 4.78 is 2.38. The summed E-state index contributed by atoms with van der Waals surface area (Å²) in [7, 11) is 0. The summed E-state index contributed by atoms with van der Waals surface area (Å²) in [5.41, 5.74) is 2.89. The Balaban J connectivity index is 1.76. The second kappa shape index (κ2) is 15.2. The summed E-state index contributed by atoms with van der Waals surface area (Å²) in [6.07, 6.45) is 12.9. The van der Waals surface area contributed by atoms with Gasteiger partial charge in [-0.2, -0.15) is 0 Å². The van der Waals surface area contributed by atoms with Gasteiger partial charge in [0.15, 0.2) is 0 Å². The molecule has 0 bridgehead atoms. The van der Waals surface area contributed by atoms with E-state index in [1.165, 1.54) is 90.8 Å². The van der Waals surface area contributed by atoms with Crippen molar-refractivity contribution in [2.45, 2.75) is 71.1 Å². The van der Waals surface area contributed by atoms with Crippen molar-refractivity contribution in [1.82, 2.24) is 5.32 Å². The predicted octanol–water partition coefficient (Wildman–Crippen LogP) is 8.34. The first-order valence-electron chi connectivity index (χ1n) is 11.4. The van der Waals surface area contributed by atoms with Gasteiger partial charge < -0.3 is 5.32 Å². The standard InChI is InChI=1S/C26H37Br2N/c1-2-3-4-5-18-29-19-8-11-22(14-16-23-9-6-12-25(27)20-23)15-17-24-10-7-13-26(28)21-24/h6-7,9-10,12-13,20-22,29H,2-5,8,11,14-19H2,1H3. The van der Waals surface area contributed by atoms with Crippen molar-refractivity contribution in [3.8, 4) is 0 Å². The molecule has 0 fully saturated rings. The fourth-order valence-corrected chi connectivity index (χ4v) is 4.77. The average Bonchev–Trinajstić information content (AvgIpc) is 2.71. The van der Waals surface area contributed by atoms with E-state index < -0.39 is 0 Å². The van der Waals surface area contributed by atoms with Gasteiger partial charge in [-0.25, -0.2) is 0 Å². The summed E-state index contributed by atoms with van der Waals surface area (Å²) in [5, 5.41) is 3.65. The first-order chi connectivity index (χ1) is 14.2. The Morgan fingerprint density at radius 1 is 0.724 bits per heavy atom. The number of halogens is 2. The minimum atomic E-state index is 0.787. The van der Waals surface area contributed by atoms with E-state index in [0.29, 0.717) is 0 Å². The molecule has 0 aliphatic heterocycles. The molecule has 0 amide bonds. The van der Waals surface area contributed by atoms with E-state index in [9.17, 15) is 0 Å². The number of aryl methyl sites for hydroxylation is 2. The molecule has 0 heterocycles. The highest BCUT2D eigenvalue weighted by Gasteiger charge is 2.10. The molecule has 0 saturated heterocycles. The molecule has 29 heavy (non-hydrogen) atoms. The Morgan fingerprint density at radius 3 is 1.86 bits per heavy atom. The minimum Gasteiger partial charge on any atom is -0.317 e. The highest BCUT2D eigenvalue weighted by Crippen LogP contribution is 2.23. The molecule has 0 saturated carbocycles. The zero-order valence-corrected chi connectivity index (χ0v) is 21.1. The number of hydrogen-bond acceptors (Lipinski definition) is 1. The molecule has 0 aliphatic rings. The quantitative estimate of drug-likeness (QED) is 0.232. The topological polar surface area (TPSA) is 12.0 Å².